The van der Waals surface area contributed by atoms with Gasteiger partial charge in [0.1, 0.15) is 0 Å². The molecule has 2 aromatic rings. The summed E-state index contributed by atoms with van der Waals surface area (Å²) in [6.07, 6.45) is 4.02. The summed E-state index contributed by atoms with van der Waals surface area (Å²) in [7, 11) is 1.67. The van der Waals surface area contributed by atoms with Gasteiger partial charge in [-0.1, -0.05) is 30.3 Å². The second-order valence-corrected chi connectivity index (χ2v) is 5.37. The minimum absolute atomic E-state index is 0.0627. The number of benzene rings is 1. The molecule has 0 aliphatic heterocycles. The number of carbonyl (C=O) groups is 1. The molecule has 1 aromatic heterocycles. The number of hydrogen-bond acceptors (Lipinski definition) is 5. The molecule has 0 saturated carbocycles. The van der Waals surface area contributed by atoms with Crippen LogP contribution in [0.4, 0.5) is 5.95 Å². The van der Waals surface area contributed by atoms with Crippen molar-refractivity contribution >= 4 is 11.9 Å². The molecule has 0 spiro atoms. The fourth-order valence-corrected chi connectivity index (χ4v) is 2.26. The number of nitrogens with one attached hydrogen (secondary N) is 1. The van der Waals surface area contributed by atoms with Gasteiger partial charge in [-0.2, -0.15) is 0 Å². The van der Waals surface area contributed by atoms with Crippen LogP contribution in [-0.2, 0) is 11.3 Å². The van der Waals surface area contributed by atoms with Gasteiger partial charge in [0.15, 0.2) is 0 Å². The zero-order valence-corrected chi connectivity index (χ0v) is 14.2. The van der Waals surface area contributed by atoms with Gasteiger partial charge in [-0.25, -0.2) is 9.97 Å². The van der Waals surface area contributed by atoms with Crippen molar-refractivity contribution in [3.63, 3.8) is 0 Å². The molecule has 1 N–H and O–H groups in total. The van der Waals surface area contributed by atoms with E-state index in [0.717, 1.165) is 18.5 Å². The largest absolute Gasteiger partial charge is 0.385 e. The highest BCUT2D eigenvalue weighted by atomic mass is 16.5. The van der Waals surface area contributed by atoms with Crippen LogP contribution >= 0.6 is 0 Å². The molecule has 0 aliphatic rings. The standard InChI is InChI=1S/C18H24N4O2/c1-3-22(14-15-8-5-4-6-9-15)17(23)16-12-20-18(21-13-16)19-10-7-11-24-2/h4-6,8-9,12-13H,3,7,10-11,14H2,1-2H3,(H,19,20,21). The van der Waals surface area contributed by atoms with Gasteiger partial charge in [-0.15, -0.1) is 0 Å². The van der Waals surface area contributed by atoms with Gasteiger partial charge in [0.2, 0.25) is 5.95 Å². The summed E-state index contributed by atoms with van der Waals surface area (Å²) in [5, 5.41) is 3.10. The molecule has 0 unspecified atom stereocenters. The first-order valence-electron chi connectivity index (χ1n) is 8.12. The molecule has 0 aliphatic carbocycles. The number of carbonyl (C=O) groups excluding carboxylic acids is 1. The summed E-state index contributed by atoms with van der Waals surface area (Å²) in [4.78, 5) is 22.8. The van der Waals surface area contributed by atoms with Crippen LogP contribution in [0, 0.1) is 0 Å². The molecule has 0 saturated heterocycles. The van der Waals surface area contributed by atoms with Crippen LogP contribution in [0.3, 0.4) is 0 Å². The Hall–Kier alpha value is -2.47. The first-order chi connectivity index (χ1) is 11.7. The minimum Gasteiger partial charge on any atom is -0.385 e. The smallest absolute Gasteiger partial charge is 0.257 e. The lowest BCUT2D eigenvalue weighted by Crippen LogP contribution is -2.30. The maximum Gasteiger partial charge on any atom is 0.257 e. The van der Waals surface area contributed by atoms with Gasteiger partial charge < -0.3 is 15.0 Å². The summed E-state index contributed by atoms with van der Waals surface area (Å²) in [5.74, 6) is 0.459. The SMILES string of the molecule is CCN(Cc1ccccc1)C(=O)c1cnc(NCCCOC)nc1. The molecule has 1 amide bonds. The highest BCUT2D eigenvalue weighted by molar-refractivity contribution is 5.93. The van der Waals surface area contributed by atoms with Crippen LogP contribution in [0.5, 0.6) is 0 Å². The fourth-order valence-electron chi connectivity index (χ4n) is 2.26. The highest BCUT2D eigenvalue weighted by Gasteiger charge is 2.15. The van der Waals surface area contributed by atoms with Gasteiger partial charge in [0.25, 0.3) is 5.91 Å². The normalized spacial score (nSPS) is 10.4. The monoisotopic (exact) mass is 328 g/mol. The molecule has 6 heteroatoms. The summed E-state index contributed by atoms with van der Waals surface area (Å²) < 4.78 is 4.99. The maximum atomic E-state index is 12.6. The molecule has 24 heavy (non-hydrogen) atoms. The minimum atomic E-state index is -0.0627. The van der Waals surface area contributed by atoms with E-state index in [0.29, 0.717) is 31.2 Å². The van der Waals surface area contributed by atoms with Gasteiger partial charge in [0, 0.05) is 45.7 Å². The molecule has 1 aromatic carbocycles. The van der Waals surface area contributed by atoms with E-state index < -0.39 is 0 Å². The Balaban J connectivity index is 1.94. The number of ether oxygens (including phenoxy) is 1. The number of anilines is 1. The molecular formula is C18H24N4O2. The van der Waals surface area contributed by atoms with Crippen LogP contribution in [0.25, 0.3) is 0 Å². The van der Waals surface area contributed by atoms with Crippen molar-refractivity contribution < 1.29 is 9.53 Å². The molecule has 2 rings (SSSR count). The van der Waals surface area contributed by atoms with Gasteiger partial charge in [-0.3, -0.25) is 4.79 Å². The molecule has 0 radical (unpaired) electrons. The van der Waals surface area contributed by atoms with Crippen LogP contribution in [-0.4, -0.2) is 47.6 Å². The predicted octanol–water partition coefficient (Wildman–Crippen LogP) is 2.59. The van der Waals surface area contributed by atoms with Crippen LogP contribution in [0.15, 0.2) is 42.7 Å². The average molecular weight is 328 g/mol. The number of methoxy groups -OCH3 is 1. The number of aromatic nitrogens is 2. The summed E-state index contributed by atoms with van der Waals surface area (Å²) >= 11 is 0. The predicted molar refractivity (Wildman–Crippen MR) is 93.9 cm³/mol. The first-order valence-corrected chi connectivity index (χ1v) is 8.12. The molecule has 0 atom stereocenters. The Morgan fingerprint density at radius 2 is 1.92 bits per heavy atom. The lowest BCUT2D eigenvalue weighted by atomic mass is 10.2. The highest BCUT2D eigenvalue weighted by Crippen LogP contribution is 2.09. The first kappa shape index (κ1) is 17.9. The van der Waals surface area contributed by atoms with Crippen molar-refractivity contribution in [1.82, 2.24) is 14.9 Å². The second-order valence-electron chi connectivity index (χ2n) is 5.37. The lowest BCUT2D eigenvalue weighted by Gasteiger charge is -2.20. The zero-order chi connectivity index (χ0) is 17.2. The molecule has 0 bridgehead atoms. The maximum absolute atomic E-state index is 12.6. The molecule has 6 nitrogen and oxygen atoms in total. The second kappa shape index (κ2) is 9.62. The number of nitrogens with zero attached hydrogens (tertiary/aromatic N) is 3. The van der Waals surface area contributed by atoms with Crippen molar-refractivity contribution in [3.8, 4) is 0 Å². The number of amides is 1. The molecule has 128 valence electrons. The Bertz CT molecular complexity index is 617. The zero-order valence-electron chi connectivity index (χ0n) is 14.2. The van der Waals surface area contributed by atoms with Crippen molar-refractivity contribution in [2.24, 2.45) is 0 Å². The van der Waals surface area contributed by atoms with E-state index in [4.69, 9.17) is 4.74 Å². The van der Waals surface area contributed by atoms with Gasteiger partial charge in [-0.05, 0) is 18.9 Å². The average Bonchev–Trinajstić information content (AvgIpc) is 2.64. The van der Waals surface area contributed by atoms with Crippen molar-refractivity contribution in [2.45, 2.75) is 19.9 Å². The topological polar surface area (TPSA) is 67.4 Å². The van der Waals surface area contributed by atoms with E-state index in [9.17, 15) is 4.79 Å². The third kappa shape index (κ3) is 5.31. The van der Waals surface area contributed by atoms with Crippen LogP contribution in [0.1, 0.15) is 29.3 Å². The van der Waals surface area contributed by atoms with Crippen molar-refractivity contribution in [1.29, 1.82) is 0 Å². The molecular weight excluding hydrogens is 304 g/mol. The third-order valence-corrected chi connectivity index (χ3v) is 3.59. The van der Waals surface area contributed by atoms with Gasteiger partial charge in [0.05, 0.1) is 5.56 Å². The summed E-state index contributed by atoms with van der Waals surface area (Å²) in [6, 6.07) is 9.94. The molecule has 0 fully saturated rings. The van der Waals surface area contributed by atoms with Crippen LogP contribution < -0.4 is 5.32 Å². The van der Waals surface area contributed by atoms with E-state index in [-0.39, 0.29) is 5.91 Å². The Morgan fingerprint density at radius 3 is 2.54 bits per heavy atom. The molecule has 1 heterocycles. The van der Waals surface area contributed by atoms with Crippen molar-refractivity contribution in [2.75, 3.05) is 32.1 Å². The Kier molecular flexibility index (Phi) is 7.17. The third-order valence-electron chi connectivity index (χ3n) is 3.59. The quantitative estimate of drug-likeness (QED) is 0.717. The fraction of sp³-hybridized carbons (Fsp3) is 0.389. The van der Waals surface area contributed by atoms with E-state index in [1.165, 1.54) is 0 Å². The Morgan fingerprint density at radius 1 is 1.21 bits per heavy atom. The van der Waals surface area contributed by atoms with E-state index >= 15 is 0 Å². The lowest BCUT2D eigenvalue weighted by molar-refractivity contribution is 0.0752. The van der Waals surface area contributed by atoms with E-state index in [2.05, 4.69) is 15.3 Å². The summed E-state index contributed by atoms with van der Waals surface area (Å²) in [5.41, 5.74) is 1.60. The van der Waals surface area contributed by atoms with Crippen molar-refractivity contribution in [3.05, 3.63) is 53.9 Å². The van der Waals surface area contributed by atoms with E-state index in [1.54, 1.807) is 24.4 Å². The van der Waals surface area contributed by atoms with Gasteiger partial charge >= 0.3 is 0 Å². The number of hydrogen-bond donors (Lipinski definition) is 1. The Labute approximate surface area is 142 Å². The number of rotatable bonds is 9. The van der Waals surface area contributed by atoms with Crippen LogP contribution in [0.2, 0.25) is 0 Å². The van der Waals surface area contributed by atoms with E-state index in [1.807, 2.05) is 37.3 Å². The summed E-state index contributed by atoms with van der Waals surface area (Å²) in [6.45, 7) is 4.59.